The van der Waals surface area contributed by atoms with E-state index in [2.05, 4.69) is 26.1 Å². The molecule has 6 nitrogen and oxygen atoms in total. The molecular formula is C17H20FN5O. The second kappa shape index (κ2) is 7.07. The Labute approximate surface area is 140 Å². The summed E-state index contributed by atoms with van der Waals surface area (Å²) in [6.07, 6.45) is 1.03. The molecule has 0 N–H and O–H groups in total. The van der Waals surface area contributed by atoms with E-state index in [1.807, 2.05) is 7.05 Å². The standard InChI is InChI=1S/C17H20FN5O/c1-12-20-21-17(24-12)11-22(2)16-5-6-23(10-16)9-13-3-4-15(18)7-14(13)8-19/h3-4,7,16H,5-6,9-11H2,1-2H3. The van der Waals surface area contributed by atoms with Gasteiger partial charge in [0.1, 0.15) is 5.82 Å². The molecular weight excluding hydrogens is 309 g/mol. The van der Waals surface area contributed by atoms with Crippen LogP contribution in [0.5, 0.6) is 0 Å². The first kappa shape index (κ1) is 16.6. The number of likely N-dealkylation sites (tertiary alicyclic amines) is 1. The van der Waals surface area contributed by atoms with E-state index < -0.39 is 0 Å². The number of nitriles is 1. The van der Waals surface area contributed by atoms with Crippen LogP contribution >= 0.6 is 0 Å². The summed E-state index contributed by atoms with van der Waals surface area (Å²) in [6.45, 7) is 4.90. The monoisotopic (exact) mass is 329 g/mol. The fourth-order valence-corrected chi connectivity index (χ4v) is 3.09. The number of halogens is 1. The van der Waals surface area contributed by atoms with Gasteiger partial charge in [-0.15, -0.1) is 10.2 Å². The van der Waals surface area contributed by atoms with Crippen molar-refractivity contribution in [3.63, 3.8) is 0 Å². The van der Waals surface area contributed by atoms with Gasteiger partial charge in [0.05, 0.1) is 18.2 Å². The van der Waals surface area contributed by atoms with Gasteiger partial charge in [0.2, 0.25) is 11.8 Å². The minimum atomic E-state index is -0.371. The van der Waals surface area contributed by atoms with E-state index in [-0.39, 0.29) is 5.82 Å². The summed E-state index contributed by atoms with van der Waals surface area (Å²) in [5, 5.41) is 17.0. The van der Waals surface area contributed by atoms with Gasteiger partial charge in [0, 0.05) is 32.6 Å². The van der Waals surface area contributed by atoms with Crippen LogP contribution in [0.3, 0.4) is 0 Å². The average molecular weight is 329 g/mol. The zero-order valence-corrected chi connectivity index (χ0v) is 13.9. The molecule has 1 atom stereocenters. The Bertz CT molecular complexity index is 754. The van der Waals surface area contributed by atoms with Crippen LogP contribution in [0.2, 0.25) is 0 Å². The molecule has 0 saturated carbocycles. The summed E-state index contributed by atoms with van der Waals surface area (Å²) in [6, 6.07) is 6.88. The second-order valence-corrected chi connectivity index (χ2v) is 6.22. The van der Waals surface area contributed by atoms with Gasteiger partial charge < -0.3 is 4.42 Å². The van der Waals surface area contributed by atoms with E-state index in [4.69, 9.17) is 9.68 Å². The van der Waals surface area contributed by atoms with E-state index >= 15 is 0 Å². The predicted octanol–water partition coefficient (Wildman–Crippen LogP) is 2.10. The zero-order valence-electron chi connectivity index (χ0n) is 13.9. The topological polar surface area (TPSA) is 69.2 Å². The molecule has 0 spiro atoms. The minimum Gasteiger partial charge on any atom is -0.424 e. The highest BCUT2D eigenvalue weighted by Crippen LogP contribution is 2.20. The Hall–Kier alpha value is -2.30. The summed E-state index contributed by atoms with van der Waals surface area (Å²) in [4.78, 5) is 4.50. The van der Waals surface area contributed by atoms with Gasteiger partial charge in [-0.2, -0.15) is 5.26 Å². The van der Waals surface area contributed by atoms with Crippen LogP contribution in [0.15, 0.2) is 22.6 Å². The third kappa shape index (κ3) is 3.78. The maximum absolute atomic E-state index is 13.2. The molecule has 2 aromatic rings. The lowest BCUT2D eigenvalue weighted by molar-refractivity contribution is 0.204. The first-order chi connectivity index (χ1) is 11.5. The number of benzene rings is 1. The van der Waals surface area contributed by atoms with Crippen LogP contribution in [0.4, 0.5) is 4.39 Å². The number of likely N-dealkylation sites (N-methyl/N-ethyl adjacent to an activating group) is 1. The normalized spacial score (nSPS) is 18.2. The maximum Gasteiger partial charge on any atom is 0.230 e. The summed E-state index contributed by atoms with van der Waals surface area (Å²) in [5.41, 5.74) is 1.28. The molecule has 1 saturated heterocycles. The first-order valence-corrected chi connectivity index (χ1v) is 7.95. The fourth-order valence-electron chi connectivity index (χ4n) is 3.09. The lowest BCUT2D eigenvalue weighted by Gasteiger charge is -2.23. The molecule has 2 heterocycles. The molecule has 0 radical (unpaired) electrons. The Morgan fingerprint density at radius 1 is 1.46 bits per heavy atom. The van der Waals surface area contributed by atoms with E-state index in [0.29, 0.717) is 36.5 Å². The maximum atomic E-state index is 13.2. The summed E-state index contributed by atoms with van der Waals surface area (Å²) < 4.78 is 18.7. The highest BCUT2D eigenvalue weighted by Gasteiger charge is 2.27. The van der Waals surface area contributed by atoms with Crippen LogP contribution in [-0.4, -0.2) is 46.2 Å². The van der Waals surface area contributed by atoms with Gasteiger partial charge in [0.15, 0.2) is 0 Å². The van der Waals surface area contributed by atoms with Crippen molar-refractivity contribution >= 4 is 0 Å². The molecule has 1 aliphatic heterocycles. The van der Waals surface area contributed by atoms with Crippen LogP contribution in [0.25, 0.3) is 0 Å². The van der Waals surface area contributed by atoms with Gasteiger partial charge >= 0.3 is 0 Å². The molecule has 7 heteroatoms. The van der Waals surface area contributed by atoms with Gasteiger partial charge in [0.25, 0.3) is 0 Å². The van der Waals surface area contributed by atoms with E-state index in [1.165, 1.54) is 12.1 Å². The van der Waals surface area contributed by atoms with Crippen LogP contribution < -0.4 is 0 Å². The van der Waals surface area contributed by atoms with E-state index in [1.54, 1.807) is 13.0 Å². The highest BCUT2D eigenvalue weighted by atomic mass is 19.1. The molecule has 1 aromatic carbocycles. The van der Waals surface area contributed by atoms with Crippen molar-refractivity contribution in [2.75, 3.05) is 20.1 Å². The van der Waals surface area contributed by atoms with E-state index in [0.717, 1.165) is 25.1 Å². The molecule has 1 fully saturated rings. The zero-order chi connectivity index (χ0) is 17.1. The van der Waals surface area contributed by atoms with Crippen molar-refractivity contribution in [1.29, 1.82) is 5.26 Å². The fraction of sp³-hybridized carbons (Fsp3) is 0.471. The van der Waals surface area contributed by atoms with Crippen molar-refractivity contribution in [1.82, 2.24) is 20.0 Å². The Morgan fingerprint density at radius 2 is 2.29 bits per heavy atom. The number of rotatable bonds is 5. The number of hydrogen-bond donors (Lipinski definition) is 0. The number of nitrogens with zero attached hydrogens (tertiary/aromatic N) is 5. The Balaban J connectivity index is 1.58. The van der Waals surface area contributed by atoms with Crippen LogP contribution in [0, 0.1) is 24.1 Å². The third-order valence-corrected chi connectivity index (χ3v) is 4.41. The highest BCUT2D eigenvalue weighted by molar-refractivity contribution is 5.37. The van der Waals surface area contributed by atoms with Crippen molar-refractivity contribution in [2.24, 2.45) is 0 Å². The summed E-state index contributed by atoms with van der Waals surface area (Å²) in [5.74, 6) is 0.828. The lowest BCUT2D eigenvalue weighted by Crippen LogP contribution is -2.34. The average Bonchev–Trinajstić information content (AvgIpc) is 3.18. The van der Waals surface area contributed by atoms with Gasteiger partial charge in [-0.25, -0.2) is 4.39 Å². The molecule has 126 valence electrons. The molecule has 1 unspecified atom stereocenters. The van der Waals surface area contributed by atoms with Crippen molar-refractivity contribution < 1.29 is 8.81 Å². The second-order valence-electron chi connectivity index (χ2n) is 6.22. The molecule has 0 bridgehead atoms. The quantitative estimate of drug-likeness (QED) is 0.837. The smallest absolute Gasteiger partial charge is 0.230 e. The number of aromatic nitrogens is 2. The first-order valence-electron chi connectivity index (χ1n) is 7.95. The SMILES string of the molecule is Cc1nnc(CN(C)C2CCN(Cc3ccc(F)cc3C#N)C2)o1. The molecule has 1 aliphatic rings. The number of aryl methyl sites for hydroxylation is 1. The molecule has 0 aliphatic carbocycles. The van der Waals surface area contributed by atoms with Crippen LogP contribution in [-0.2, 0) is 13.1 Å². The van der Waals surface area contributed by atoms with Gasteiger partial charge in [-0.1, -0.05) is 6.07 Å². The molecule has 3 rings (SSSR count). The lowest BCUT2D eigenvalue weighted by atomic mass is 10.1. The van der Waals surface area contributed by atoms with Crippen molar-refractivity contribution in [3.8, 4) is 6.07 Å². The van der Waals surface area contributed by atoms with Gasteiger partial charge in [-0.05, 0) is 31.2 Å². The Morgan fingerprint density at radius 3 is 3.00 bits per heavy atom. The summed E-state index contributed by atoms with van der Waals surface area (Å²) >= 11 is 0. The minimum absolute atomic E-state index is 0.371. The van der Waals surface area contributed by atoms with Crippen LogP contribution in [0.1, 0.15) is 29.3 Å². The third-order valence-electron chi connectivity index (χ3n) is 4.41. The predicted molar refractivity (Wildman–Crippen MR) is 85.3 cm³/mol. The molecule has 0 amide bonds. The largest absolute Gasteiger partial charge is 0.424 e. The summed E-state index contributed by atoms with van der Waals surface area (Å²) in [7, 11) is 2.05. The van der Waals surface area contributed by atoms with E-state index in [9.17, 15) is 4.39 Å². The molecule has 1 aromatic heterocycles. The van der Waals surface area contributed by atoms with Crippen molar-refractivity contribution in [2.45, 2.75) is 32.5 Å². The number of hydrogen-bond acceptors (Lipinski definition) is 6. The molecule has 24 heavy (non-hydrogen) atoms. The van der Waals surface area contributed by atoms with Gasteiger partial charge in [-0.3, -0.25) is 9.80 Å². The van der Waals surface area contributed by atoms with Crippen molar-refractivity contribution in [3.05, 3.63) is 46.9 Å². The Kier molecular flexibility index (Phi) is 4.88.